The zero-order valence-electron chi connectivity index (χ0n) is 17.2. The predicted molar refractivity (Wildman–Crippen MR) is 105 cm³/mol. The van der Waals surface area contributed by atoms with Crippen LogP contribution in [-0.4, -0.2) is 97.8 Å². The highest BCUT2D eigenvalue weighted by Gasteiger charge is 2.32. The Kier molecular flexibility index (Phi) is 12.5. The molecule has 0 heterocycles. The minimum absolute atomic E-state index is 0.0480. The number of hydrogen-bond donors (Lipinski definition) is 9. The normalized spacial score (nSPS) is 14.6. The van der Waals surface area contributed by atoms with Crippen molar-refractivity contribution in [3.05, 3.63) is 0 Å². The molecule has 0 fully saturated rings. The summed E-state index contributed by atoms with van der Waals surface area (Å²) in [6, 6.07) is -7.22. The number of nitrogens with one attached hydrogen (secondary N) is 3. The third-order valence-electron chi connectivity index (χ3n) is 3.67. The fourth-order valence-corrected chi connectivity index (χ4v) is 2.52. The Morgan fingerprint density at radius 1 is 0.794 bits per heavy atom. The van der Waals surface area contributed by atoms with Gasteiger partial charge in [0.05, 0.1) is 38.0 Å². The second-order valence-electron chi connectivity index (χ2n) is 6.56. The zero-order chi connectivity index (χ0) is 26.6. The minimum Gasteiger partial charge on any atom is -0.481 e. The Morgan fingerprint density at radius 2 is 1.26 bits per heavy atom. The Morgan fingerprint density at radius 3 is 1.71 bits per heavy atom. The van der Waals surface area contributed by atoms with Gasteiger partial charge in [-0.25, -0.2) is 4.57 Å². The van der Waals surface area contributed by atoms with Crippen LogP contribution < -0.4 is 21.7 Å². The lowest BCUT2D eigenvalue weighted by atomic mass is 10.1. The van der Waals surface area contributed by atoms with E-state index in [1.54, 1.807) is 0 Å². The molecule has 3 amide bonds. The number of hydrogen-bond acceptors (Lipinski definition) is 10. The van der Waals surface area contributed by atoms with Gasteiger partial charge in [0.1, 0.15) is 18.4 Å². The Hall–Kier alpha value is -3.44. The van der Waals surface area contributed by atoms with Gasteiger partial charge in [-0.1, -0.05) is 0 Å². The van der Waals surface area contributed by atoms with Gasteiger partial charge < -0.3 is 51.6 Å². The first-order valence-corrected chi connectivity index (χ1v) is 10.6. The van der Waals surface area contributed by atoms with Crippen molar-refractivity contribution in [1.29, 1.82) is 0 Å². The monoisotopic (exact) mass is 514 g/mol. The number of amides is 3. The molecule has 18 nitrogen and oxygen atoms in total. The van der Waals surface area contributed by atoms with Gasteiger partial charge in [0.2, 0.25) is 17.7 Å². The van der Waals surface area contributed by atoms with Crippen LogP contribution in [0.2, 0.25) is 0 Å². The van der Waals surface area contributed by atoms with Gasteiger partial charge >= 0.3 is 25.7 Å². The van der Waals surface area contributed by atoms with Crippen LogP contribution in [0.15, 0.2) is 0 Å². The van der Waals surface area contributed by atoms with E-state index in [1.165, 1.54) is 0 Å². The van der Waals surface area contributed by atoms with Crippen molar-refractivity contribution in [2.75, 3.05) is 6.61 Å². The van der Waals surface area contributed by atoms with Gasteiger partial charge in [-0.2, -0.15) is 0 Å². The van der Waals surface area contributed by atoms with Gasteiger partial charge in [0.15, 0.2) is 0 Å². The fourth-order valence-electron chi connectivity index (χ4n) is 2.17. The highest BCUT2D eigenvalue weighted by molar-refractivity contribution is 7.46. The van der Waals surface area contributed by atoms with Crippen LogP contribution in [0.1, 0.15) is 19.3 Å². The van der Waals surface area contributed by atoms with E-state index in [0.29, 0.717) is 0 Å². The molecule has 0 bridgehead atoms. The highest BCUT2D eigenvalue weighted by Crippen LogP contribution is 2.35. The Bertz CT molecular complexity index is 858. The third-order valence-corrected chi connectivity index (χ3v) is 4.16. The largest absolute Gasteiger partial charge is 0.481 e. The summed E-state index contributed by atoms with van der Waals surface area (Å²) in [5.74, 6) is -8.58. The molecule has 0 saturated carbocycles. The molecule has 0 unspecified atom stereocenters. The molecule has 10 N–H and O–H groups in total. The van der Waals surface area contributed by atoms with Crippen LogP contribution in [0.3, 0.4) is 0 Å². The molecular weight excluding hydrogens is 491 g/mol. The first-order valence-electron chi connectivity index (χ1n) is 9.03. The Labute approximate surface area is 190 Å². The quantitative estimate of drug-likeness (QED) is 0.0692. The molecule has 0 radical (unpaired) electrons. The molecule has 192 valence electrons. The predicted octanol–water partition coefficient (Wildman–Crippen LogP) is -4.50. The number of carboxylic acid groups (broad SMARTS) is 3. The maximum Gasteiger partial charge on any atom is 0.469 e. The molecule has 0 saturated heterocycles. The summed E-state index contributed by atoms with van der Waals surface area (Å²) in [4.78, 5) is 97.8. The lowest BCUT2D eigenvalue weighted by molar-refractivity contribution is -0.142. The number of aliphatic carboxylic acids is 3. The van der Waals surface area contributed by atoms with Crippen LogP contribution in [0.5, 0.6) is 0 Å². The average Bonchev–Trinajstić information content (AvgIpc) is 2.67. The molecule has 0 aromatic carbocycles. The van der Waals surface area contributed by atoms with Crippen molar-refractivity contribution < 1.29 is 67.8 Å². The van der Waals surface area contributed by atoms with Crippen molar-refractivity contribution >= 4 is 49.7 Å². The molecule has 19 heteroatoms. The number of aldehydes is 1. The number of rotatable bonds is 16. The average molecular weight is 514 g/mol. The van der Waals surface area contributed by atoms with Gasteiger partial charge in [-0.15, -0.1) is 0 Å². The summed E-state index contributed by atoms with van der Waals surface area (Å²) < 4.78 is 15.1. The molecule has 0 aliphatic heterocycles. The first-order chi connectivity index (χ1) is 15.5. The number of nitrogens with two attached hydrogens (primary N) is 1. The maximum atomic E-state index is 12.5. The topological polar surface area (TPSA) is 309 Å². The van der Waals surface area contributed by atoms with E-state index in [-0.39, 0.29) is 6.29 Å². The van der Waals surface area contributed by atoms with Crippen LogP contribution in [0, 0.1) is 0 Å². The summed E-state index contributed by atoms with van der Waals surface area (Å²) in [5, 5.41) is 31.9. The summed E-state index contributed by atoms with van der Waals surface area (Å²) >= 11 is 0. The zero-order valence-corrected chi connectivity index (χ0v) is 18.0. The van der Waals surface area contributed by atoms with Crippen molar-refractivity contribution in [3.63, 3.8) is 0 Å². The number of carboxylic acids is 3. The number of carbonyl (C=O) groups excluding carboxylic acids is 4. The van der Waals surface area contributed by atoms with E-state index in [9.17, 15) is 38.1 Å². The third kappa shape index (κ3) is 13.2. The second kappa shape index (κ2) is 14.0. The second-order valence-corrected chi connectivity index (χ2v) is 7.80. The maximum absolute atomic E-state index is 12.5. The molecule has 0 aliphatic rings. The first kappa shape index (κ1) is 30.6. The number of phosphoric ester groups is 1. The summed E-state index contributed by atoms with van der Waals surface area (Å²) in [6.07, 6.45) is -2.79. The summed E-state index contributed by atoms with van der Waals surface area (Å²) in [7, 11) is -5.19. The molecule has 0 spiro atoms. The molecule has 0 aromatic heterocycles. The smallest absolute Gasteiger partial charge is 0.469 e. The van der Waals surface area contributed by atoms with Gasteiger partial charge in [0, 0.05) is 0 Å². The molecule has 0 aromatic rings. The van der Waals surface area contributed by atoms with Crippen molar-refractivity contribution in [3.8, 4) is 0 Å². The van der Waals surface area contributed by atoms with E-state index in [0.717, 1.165) is 0 Å². The van der Waals surface area contributed by atoms with E-state index >= 15 is 0 Å². The van der Waals surface area contributed by atoms with E-state index in [2.05, 4.69) is 4.52 Å². The van der Waals surface area contributed by atoms with Gasteiger partial charge in [-0.05, 0) is 0 Å². The van der Waals surface area contributed by atoms with E-state index in [1.807, 2.05) is 16.0 Å². The summed E-state index contributed by atoms with van der Waals surface area (Å²) in [5.41, 5.74) is 5.33. The lowest BCUT2D eigenvalue weighted by Gasteiger charge is -2.24. The molecule has 34 heavy (non-hydrogen) atoms. The standard InChI is InChI=1S/C15H23N4O14P/c16-7(2-11(23)24)13(27)19-9(5-33-34(30,31)32)15(29)18-8(3-12(25)26)14(28)17-6(4-20)1-10(21)22/h4,6-9H,1-3,5,16H2,(H,17,28)(H,18,29)(H,19,27)(H,21,22)(H,23,24)(H,25,26)(H2,30,31,32)/t6-,7-,8-,9-/m0/s1. The molecule has 0 aliphatic carbocycles. The van der Waals surface area contributed by atoms with Gasteiger partial charge in [-0.3, -0.25) is 33.3 Å². The Balaban J connectivity index is 5.63. The van der Waals surface area contributed by atoms with Crippen LogP contribution >= 0.6 is 7.82 Å². The van der Waals surface area contributed by atoms with Crippen molar-refractivity contribution in [2.45, 2.75) is 43.4 Å². The lowest BCUT2D eigenvalue weighted by Crippen LogP contribution is -2.58. The highest BCUT2D eigenvalue weighted by atomic mass is 31.2. The van der Waals surface area contributed by atoms with Crippen LogP contribution in [-0.2, 0) is 42.7 Å². The SMILES string of the molecule is N[C@@H](CC(=O)O)C(=O)N[C@@H](COP(=O)(O)O)C(=O)N[C@@H](CC(=O)O)C(=O)N[C@H](C=O)CC(=O)O. The van der Waals surface area contributed by atoms with Crippen LogP contribution in [0.25, 0.3) is 0 Å². The van der Waals surface area contributed by atoms with E-state index < -0.39 is 93.5 Å². The molecular formula is C15H23N4O14P. The summed E-state index contributed by atoms with van der Waals surface area (Å²) in [6.45, 7) is -1.21. The van der Waals surface area contributed by atoms with Crippen molar-refractivity contribution in [2.24, 2.45) is 5.73 Å². The number of phosphoric acid groups is 1. The fraction of sp³-hybridized carbons (Fsp3) is 0.533. The van der Waals surface area contributed by atoms with Crippen molar-refractivity contribution in [1.82, 2.24) is 16.0 Å². The number of carbonyl (C=O) groups is 7. The van der Waals surface area contributed by atoms with Crippen LogP contribution in [0.4, 0.5) is 0 Å². The van der Waals surface area contributed by atoms with E-state index in [4.69, 9.17) is 30.8 Å². The molecule has 4 atom stereocenters. The van der Waals surface area contributed by atoms with Gasteiger partial charge in [0.25, 0.3) is 0 Å². The minimum atomic E-state index is -5.19. The molecule has 0 rings (SSSR count).